The van der Waals surface area contributed by atoms with Crippen molar-refractivity contribution in [3.8, 4) is 5.82 Å². The van der Waals surface area contributed by atoms with Gasteiger partial charge >= 0.3 is 5.97 Å². The maximum atomic E-state index is 13.8. The lowest BCUT2D eigenvalue weighted by atomic mass is 10.2. The van der Waals surface area contributed by atoms with Gasteiger partial charge in [0.1, 0.15) is 5.56 Å². The molecule has 0 aromatic carbocycles. The highest BCUT2D eigenvalue weighted by atomic mass is 19.1. The third-order valence-corrected chi connectivity index (χ3v) is 2.19. The van der Waals surface area contributed by atoms with Crippen LogP contribution in [0.4, 0.5) is 4.39 Å². The molecule has 0 saturated carbocycles. The molecular formula is C10H7FN4O3. The number of carbonyl (C=O) groups is 2. The molecule has 0 saturated heterocycles. The van der Waals surface area contributed by atoms with Crippen LogP contribution < -0.4 is 5.73 Å². The maximum absolute atomic E-state index is 13.8. The summed E-state index contributed by atoms with van der Waals surface area (Å²) in [7, 11) is 0. The summed E-state index contributed by atoms with van der Waals surface area (Å²) in [5.41, 5.74) is 4.56. The van der Waals surface area contributed by atoms with Crippen LogP contribution in [0.2, 0.25) is 0 Å². The summed E-state index contributed by atoms with van der Waals surface area (Å²) in [5.74, 6) is -3.50. The molecule has 8 heteroatoms. The topological polar surface area (TPSA) is 111 Å². The summed E-state index contributed by atoms with van der Waals surface area (Å²) in [6, 6.07) is 1.03. The van der Waals surface area contributed by atoms with Crippen molar-refractivity contribution >= 4 is 11.9 Å². The van der Waals surface area contributed by atoms with Crippen molar-refractivity contribution in [2.24, 2.45) is 5.73 Å². The molecule has 2 aromatic rings. The zero-order valence-corrected chi connectivity index (χ0v) is 8.87. The van der Waals surface area contributed by atoms with Crippen molar-refractivity contribution in [3.05, 3.63) is 41.6 Å². The fraction of sp³-hybridized carbons (Fsp3) is 0. The molecule has 92 valence electrons. The predicted molar refractivity (Wildman–Crippen MR) is 56.8 cm³/mol. The minimum Gasteiger partial charge on any atom is -0.478 e. The molecule has 0 aliphatic carbocycles. The highest BCUT2D eigenvalue weighted by Gasteiger charge is 2.17. The number of aromatic nitrogens is 3. The van der Waals surface area contributed by atoms with Crippen LogP contribution in [-0.4, -0.2) is 31.7 Å². The average molecular weight is 250 g/mol. The van der Waals surface area contributed by atoms with Crippen LogP contribution in [0.5, 0.6) is 0 Å². The molecule has 3 N–H and O–H groups in total. The van der Waals surface area contributed by atoms with Crippen molar-refractivity contribution in [1.82, 2.24) is 14.8 Å². The monoisotopic (exact) mass is 250 g/mol. The van der Waals surface area contributed by atoms with Crippen LogP contribution in [0.15, 0.2) is 24.7 Å². The van der Waals surface area contributed by atoms with E-state index in [-0.39, 0.29) is 11.4 Å². The fourth-order valence-electron chi connectivity index (χ4n) is 1.32. The molecule has 0 aliphatic heterocycles. The van der Waals surface area contributed by atoms with E-state index in [2.05, 4.69) is 10.1 Å². The third kappa shape index (κ3) is 1.90. The molecule has 18 heavy (non-hydrogen) atoms. The van der Waals surface area contributed by atoms with Crippen LogP contribution in [0.25, 0.3) is 5.82 Å². The standard InChI is InChI=1S/C10H7FN4O3/c11-7-6(10(17)18)1-2-13-9(7)15-4-5(3-14-15)8(12)16/h1-4H,(H2,12,16)(H,17,18). The average Bonchev–Trinajstić information content (AvgIpc) is 2.78. The van der Waals surface area contributed by atoms with E-state index in [1.165, 1.54) is 6.20 Å². The van der Waals surface area contributed by atoms with E-state index >= 15 is 0 Å². The van der Waals surface area contributed by atoms with Gasteiger partial charge in [0, 0.05) is 12.4 Å². The Morgan fingerprint density at radius 1 is 1.44 bits per heavy atom. The summed E-state index contributed by atoms with van der Waals surface area (Å²) in [6.07, 6.45) is 3.43. The lowest BCUT2D eigenvalue weighted by molar-refractivity contribution is 0.0691. The van der Waals surface area contributed by atoms with Gasteiger partial charge in [0.05, 0.1) is 11.8 Å². The highest BCUT2D eigenvalue weighted by Crippen LogP contribution is 2.14. The molecule has 1 amide bonds. The number of primary amides is 1. The summed E-state index contributed by atoms with van der Waals surface area (Å²) in [4.78, 5) is 25.3. The quantitative estimate of drug-likeness (QED) is 0.808. The van der Waals surface area contributed by atoms with Gasteiger partial charge in [0.2, 0.25) is 0 Å². The molecule has 0 aliphatic rings. The second-order valence-electron chi connectivity index (χ2n) is 3.34. The summed E-state index contributed by atoms with van der Waals surface area (Å²) < 4.78 is 14.7. The molecule has 0 unspecified atom stereocenters. The Morgan fingerprint density at radius 3 is 2.72 bits per heavy atom. The first kappa shape index (κ1) is 11.7. The van der Waals surface area contributed by atoms with Crippen LogP contribution in [0, 0.1) is 5.82 Å². The normalized spacial score (nSPS) is 10.3. The molecule has 0 fully saturated rings. The Hall–Kier alpha value is -2.77. The van der Waals surface area contributed by atoms with Crippen molar-refractivity contribution in [3.63, 3.8) is 0 Å². The first-order chi connectivity index (χ1) is 8.50. The Kier molecular flexibility index (Phi) is 2.76. The van der Waals surface area contributed by atoms with Crippen LogP contribution in [-0.2, 0) is 0 Å². The van der Waals surface area contributed by atoms with E-state index in [1.54, 1.807) is 0 Å². The Balaban J connectivity index is 2.53. The number of pyridine rings is 1. The predicted octanol–water partition coefficient (Wildman–Crippen LogP) is 0.203. The van der Waals surface area contributed by atoms with Crippen LogP contribution in [0.3, 0.4) is 0 Å². The van der Waals surface area contributed by atoms with Crippen molar-refractivity contribution < 1.29 is 19.1 Å². The summed E-state index contributed by atoms with van der Waals surface area (Å²) in [5, 5.41) is 12.4. The smallest absolute Gasteiger partial charge is 0.338 e. The number of halogens is 1. The zero-order valence-electron chi connectivity index (χ0n) is 8.87. The second kappa shape index (κ2) is 4.24. The van der Waals surface area contributed by atoms with E-state index in [0.717, 1.165) is 23.1 Å². The highest BCUT2D eigenvalue weighted by molar-refractivity contribution is 5.92. The van der Waals surface area contributed by atoms with Gasteiger partial charge in [-0.1, -0.05) is 0 Å². The summed E-state index contributed by atoms with van der Waals surface area (Å²) in [6.45, 7) is 0. The zero-order chi connectivity index (χ0) is 13.3. The molecule has 2 rings (SSSR count). The van der Waals surface area contributed by atoms with Crippen molar-refractivity contribution in [1.29, 1.82) is 0 Å². The molecule has 2 heterocycles. The number of nitrogens with zero attached hydrogens (tertiary/aromatic N) is 3. The first-order valence-corrected chi connectivity index (χ1v) is 4.73. The maximum Gasteiger partial charge on any atom is 0.338 e. The molecule has 0 bridgehead atoms. The van der Waals surface area contributed by atoms with Gasteiger partial charge in [-0.05, 0) is 6.07 Å². The molecule has 0 spiro atoms. The van der Waals surface area contributed by atoms with Gasteiger partial charge < -0.3 is 10.8 Å². The van der Waals surface area contributed by atoms with Crippen LogP contribution >= 0.6 is 0 Å². The second-order valence-corrected chi connectivity index (χ2v) is 3.34. The fourth-order valence-corrected chi connectivity index (χ4v) is 1.32. The van der Waals surface area contributed by atoms with Gasteiger partial charge in [0.15, 0.2) is 11.6 Å². The van der Waals surface area contributed by atoms with Gasteiger partial charge in [-0.3, -0.25) is 4.79 Å². The van der Waals surface area contributed by atoms with E-state index in [4.69, 9.17) is 10.8 Å². The number of carboxylic acid groups (broad SMARTS) is 1. The number of aromatic carboxylic acids is 1. The lowest BCUT2D eigenvalue weighted by Gasteiger charge is -2.03. The van der Waals surface area contributed by atoms with Gasteiger partial charge in [-0.15, -0.1) is 0 Å². The van der Waals surface area contributed by atoms with Crippen molar-refractivity contribution in [2.75, 3.05) is 0 Å². The molecule has 2 aromatic heterocycles. The van der Waals surface area contributed by atoms with Crippen molar-refractivity contribution in [2.45, 2.75) is 0 Å². The van der Waals surface area contributed by atoms with Crippen LogP contribution in [0.1, 0.15) is 20.7 Å². The third-order valence-electron chi connectivity index (χ3n) is 2.19. The minimum absolute atomic E-state index is 0.0666. The Labute approximate surface area is 99.7 Å². The number of carbonyl (C=O) groups excluding carboxylic acids is 1. The summed E-state index contributed by atoms with van der Waals surface area (Å²) >= 11 is 0. The number of rotatable bonds is 3. The molecule has 0 radical (unpaired) electrons. The molecule has 0 atom stereocenters. The van der Waals surface area contributed by atoms with E-state index in [9.17, 15) is 14.0 Å². The molecule has 7 nitrogen and oxygen atoms in total. The minimum atomic E-state index is -1.42. The lowest BCUT2D eigenvalue weighted by Crippen LogP contribution is -2.10. The number of hydrogen-bond donors (Lipinski definition) is 2. The number of carboxylic acids is 1. The van der Waals surface area contributed by atoms with Gasteiger partial charge in [0.25, 0.3) is 5.91 Å². The number of hydrogen-bond acceptors (Lipinski definition) is 4. The molecular weight excluding hydrogens is 243 g/mol. The van der Waals surface area contributed by atoms with E-state index in [1.807, 2.05) is 0 Å². The number of nitrogens with two attached hydrogens (primary N) is 1. The van der Waals surface area contributed by atoms with Gasteiger partial charge in [-0.2, -0.15) is 5.10 Å². The van der Waals surface area contributed by atoms with E-state index < -0.39 is 23.3 Å². The Bertz CT molecular complexity index is 638. The largest absolute Gasteiger partial charge is 0.478 e. The Morgan fingerprint density at radius 2 is 2.17 bits per heavy atom. The first-order valence-electron chi connectivity index (χ1n) is 4.73. The van der Waals surface area contributed by atoms with E-state index in [0.29, 0.717) is 0 Å². The SMILES string of the molecule is NC(=O)c1cnn(-c2nccc(C(=O)O)c2F)c1. The van der Waals surface area contributed by atoms with Gasteiger partial charge in [-0.25, -0.2) is 18.9 Å². The number of amides is 1.